The van der Waals surface area contributed by atoms with Gasteiger partial charge in [0.05, 0.1) is 0 Å². The third-order valence-corrected chi connectivity index (χ3v) is 1.82. The second kappa shape index (κ2) is 6.36. The molecule has 0 N–H and O–H groups in total. The predicted molar refractivity (Wildman–Crippen MR) is 36.6 cm³/mol. The van der Waals surface area contributed by atoms with Crippen LogP contribution in [-0.2, 0) is 0 Å². The van der Waals surface area contributed by atoms with Crippen LogP contribution in [0.4, 0.5) is 0 Å². The van der Waals surface area contributed by atoms with Crippen LogP contribution in [0.1, 0.15) is 0 Å². The van der Waals surface area contributed by atoms with E-state index in [1.807, 2.05) is 11.4 Å². The van der Waals surface area contributed by atoms with Crippen molar-refractivity contribution in [2.75, 3.05) is 0 Å². The Balaban J connectivity index is 0. The zero-order valence-corrected chi connectivity index (χ0v) is 8.60. The molecule has 0 nitrogen and oxygen atoms in total. The van der Waals surface area contributed by atoms with Gasteiger partial charge in [-0.15, -0.1) is 31.2 Å². The van der Waals surface area contributed by atoms with E-state index in [-0.39, 0.29) is 35.5 Å². The summed E-state index contributed by atoms with van der Waals surface area (Å²) in [7, 11) is 0. The Bertz CT molecular complexity index is 120. The van der Waals surface area contributed by atoms with Crippen LogP contribution in [0, 0.1) is 5.38 Å². The fourth-order valence-electron chi connectivity index (χ4n) is 0.215. The van der Waals surface area contributed by atoms with Crippen molar-refractivity contribution in [3.05, 3.63) is 21.3 Å². The molecule has 1 rings (SSSR count). The smallest absolute Gasteiger partial charge is 1.00 e. The molecule has 0 amide bonds. The molecule has 0 unspecified atom stereocenters. The van der Waals surface area contributed by atoms with E-state index in [2.05, 4.69) is 21.3 Å². The van der Waals surface area contributed by atoms with Crippen LogP contribution in [0.15, 0.2) is 15.9 Å². The van der Waals surface area contributed by atoms with Crippen molar-refractivity contribution in [1.29, 1.82) is 0 Å². The molecular formula is C4H2BrClMgS. The quantitative estimate of drug-likeness (QED) is 0.387. The van der Waals surface area contributed by atoms with Crippen molar-refractivity contribution in [2.24, 2.45) is 0 Å². The number of halogens is 2. The minimum absolute atomic E-state index is 0. The molecule has 0 saturated carbocycles. The van der Waals surface area contributed by atoms with E-state index in [0.29, 0.717) is 0 Å². The van der Waals surface area contributed by atoms with Crippen molar-refractivity contribution in [3.63, 3.8) is 0 Å². The van der Waals surface area contributed by atoms with Gasteiger partial charge in [-0.05, 0) is 0 Å². The first-order valence-corrected chi connectivity index (χ1v) is 3.17. The Morgan fingerprint density at radius 3 is 2.38 bits per heavy atom. The number of hydrogen-bond acceptors (Lipinski definition) is 1. The third kappa shape index (κ3) is 4.15. The van der Waals surface area contributed by atoms with E-state index >= 15 is 0 Å². The van der Waals surface area contributed by atoms with E-state index in [4.69, 9.17) is 0 Å². The molecule has 0 saturated heterocycles. The SMILES string of the molecule is Brc1c[c-]sc1.[Cl-].[Mg+2]. The van der Waals surface area contributed by atoms with Crippen molar-refractivity contribution < 1.29 is 12.4 Å². The Labute approximate surface area is 83.4 Å². The maximum atomic E-state index is 3.26. The van der Waals surface area contributed by atoms with E-state index in [0.717, 1.165) is 4.47 Å². The Kier molecular flexibility index (Phi) is 9.51. The Morgan fingerprint density at radius 2 is 2.25 bits per heavy atom. The van der Waals surface area contributed by atoms with Crippen molar-refractivity contribution in [2.45, 2.75) is 0 Å². The van der Waals surface area contributed by atoms with Gasteiger partial charge in [0.25, 0.3) is 0 Å². The summed E-state index contributed by atoms with van der Waals surface area (Å²) < 4.78 is 1.12. The molecule has 0 aliphatic heterocycles. The van der Waals surface area contributed by atoms with Gasteiger partial charge in [-0.1, -0.05) is 0 Å². The van der Waals surface area contributed by atoms with Crippen molar-refractivity contribution in [1.82, 2.24) is 0 Å². The largest absolute Gasteiger partial charge is 2.00 e. The Hall–Kier alpha value is 1.24. The molecule has 0 fully saturated rings. The van der Waals surface area contributed by atoms with Crippen molar-refractivity contribution >= 4 is 50.3 Å². The van der Waals surface area contributed by atoms with E-state index in [1.54, 1.807) is 11.3 Å². The maximum absolute atomic E-state index is 3.26. The molecule has 40 valence electrons. The molecule has 0 bridgehead atoms. The van der Waals surface area contributed by atoms with Crippen molar-refractivity contribution in [3.8, 4) is 0 Å². The van der Waals surface area contributed by atoms with Crippen LogP contribution < -0.4 is 12.4 Å². The average Bonchev–Trinajstić information content (AvgIpc) is 1.86. The zero-order chi connectivity index (χ0) is 4.41. The van der Waals surface area contributed by atoms with Gasteiger partial charge in [0.2, 0.25) is 0 Å². The standard InChI is InChI=1S/C4H2BrS.ClH.Mg/c5-4-1-2-6-3-4;;/h1,3H;1H;/q-1;;+2/p-1. The van der Waals surface area contributed by atoms with E-state index < -0.39 is 0 Å². The fraction of sp³-hybridized carbons (Fsp3) is 0. The fourth-order valence-corrected chi connectivity index (χ4v) is 1.20. The summed E-state index contributed by atoms with van der Waals surface area (Å²) in [4.78, 5) is 0. The Morgan fingerprint density at radius 1 is 1.62 bits per heavy atom. The summed E-state index contributed by atoms with van der Waals surface area (Å²) in [5, 5.41) is 4.91. The van der Waals surface area contributed by atoms with Gasteiger partial charge in [0.15, 0.2) is 0 Å². The van der Waals surface area contributed by atoms with Gasteiger partial charge in [-0.3, -0.25) is 0 Å². The maximum Gasteiger partial charge on any atom is 2.00 e. The summed E-state index contributed by atoms with van der Waals surface area (Å²) in [6.45, 7) is 0. The second-order valence-corrected chi connectivity index (χ2v) is 2.51. The molecule has 4 heteroatoms. The average molecular weight is 222 g/mol. The van der Waals surface area contributed by atoms with Gasteiger partial charge in [-0.2, -0.15) is 6.07 Å². The molecule has 8 heavy (non-hydrogen) atoms. The van der Waals surface area contributed by atoms with Gasteiger partial charge >= 0.3 is 23.1 Å². The summed E-state index contributed by atoms with van der Waals surface area (Å²) in [6.07, 6.45) is 0. The van der Waals surface area contributed by atoms with E-state index in [9.17, 15) is 0 Å². The first-order valence-electron chi connectivity index (χ1n) is 1.49. The predicted octanol–water partition coefficient (Wildman–Crippen LogP) is -1.07. The summed E-state index contributed by atoms with van der Waals surface area (Å²) in [5.41, 5.74) is 0. The molecule has 0 radical (unpaired) electrons. The van der Waals surface area contributed by atoms with E-state index in [1.165, 1.54) is 0 Å². The molecule has 0 atom stereocenters. The van der Waals surface area contributed by atoms with Gasteiger partial charge < -0.3 is 23.7 Å². The van der Waals surface area contributed by atoms with Gasteiger partial charge in [-0.25, -0.2) is 0 Å². The molecule has 0 aliphatic carbocycles. The topological polar surface area (TPSA) is 0 Å². The molecular weight excluding hydrogens is 220 g/mol. The molecule has 1 heterocycles. The number of rotatable bonds is 0. The minimum atomic E-state index is 0. The van der Waals surface area contributed by atoms with Gasteiger partial charge in [0.1, 0.15) is 0 Å². The molecule has 0 aliphatic rings. The van der Waals surface area contributed by atoms with Crippen LogP contribution in [0.25, 0.3) is 0 Å². The number of hydrogen-bond donors (Lipinski definition) is 0. The third-order valence-electron chi connectivity index (χ3n) is 0.436. The van der Waals surface area contributed by atoms with Crippen LogP contribution in [0.3, 0.4) is 0 Å². The van der Waals surface area contributed by atoms with Gasteiger partial charge in [0, 0.05) is 0 Å². The molecule has 1 aromatic heterocycles. The number of thiophene rings is 1. The first kappa shape index (κ1) is 12.0. The summed E-state index contributed by atoms with van der Waals surface area (Å²) in [5.74, 6) is 0. The van der Waals surface area contributed by atoms with Crippen LogP contribution in [-0.4, -0.2) is 23.1 Å². The molecule has 0 spiro atoms. The molecule has 0 aromatic carbocycles. The first-order chi connectivity index (χ1) is 2.89. The van der Waals surface area contributed by atoms with Crippen LogP contribution in [0.2, 0.25) is 0 Å². The monoisotopic (exact) mass is 220 g/mol. The summed E-state index contributed by atoms with van der Waals surface area (Å²) in [6, 6.07) is 1.89. The minimum Gasteiger partial charge on any atom is -1.00 e. The second-order valence-electron chi connectivity index (χ2n) is 0.883. The van der Waals surface area contributed by atoms with Crippen LogP contribution >= 0.6 is 27.3 Å². The normalized spacial score (nSPS) is 6.62. The zero-order valence-electron chi connectivity index (χ0n) is 4.03. The van der Waals surface area contributed by atoms with Crippen LogP contribution in [0.5, 0.6) is 0 Å². The molecule has 1 aromatic rings. The summed E-state index contributed by atoms with van der Waals surface area (Å²) >= 11 is 4.83.